The van der Waals surface area contributed by atoms with Crippen LogP contribution in [0.3, 0.4) is 0 Å². The Hall–Kier alpha value is -1.86. The summed E-state index contributed by atoms with van der Waals surface area (Å²) in [7, 11) is -3.39. The second kappa shape index (κ2) is 7.36. The highest BCUT2D eigenvalue weighted by Crippen LogP contribution is 2.22. The van der Waals surface area contributed by atoms with Crippen LogP contribution in [0.25, 0.3) is 0 Å². The minimum atomic E-state index is -3.39. The third-order valence-corrected chi connectivity index (χ3v) is 6.08. The Morgan fingerprint density at radius 3 is 2.38 bits per heavy atom. The predicted octanol–water partition coefficient (Wildman–Crippen LogP) is 3.16. The SMILES string of the molecule is Cc1cnc(CNc2ccc(S(=O)(=O)N3CCCCCC3)cc2)o1. The van der Waals surface area contributed by atoms with Gasteiger partial charge < -0.3 is 9.73 Å². The van der Waals surface area contributed by atoms with Crippen molar-refractivity contribution in [2.45, 2.75) is 44.0 Å². The van der Waals surface area contributed by atoms with Gasteiger partial charge in [-0.25, -0.2) is 13.4 Å². The van der Waals surface area contributed by atoms with Crippen LogP contribution in [0, 0.1) is 6.92 Å². The molecule has 0 spiro atoms. The number of hydrogen-bond acceptors (Lipinski definition) is 5. The van der Waals surface area contributed by atoms with Crippen molar-refractivity contribution in [1.29, 1.82) is 0 Å². The number of aryl methyl sites for hydroxylation is 1. The third kappa shape index (κ3) is 3.96. The highest BCUT2D eigenvalue weighted by Gasteiger charge is 2.24. The molecule has 0 radical (unpaired) electrons. The Bertz CT molecular complexity index is 761. The van der Waals surface area contributed by atoms with Crippen LogP contribution in [-0.4, -0.2) is 30.8 Å². The van der Waals surface area contributed by atoms with E-state index < -0.39 is 10.0 Å². The second-order valence-electron chi connectivity index (χ2n) is 6.06. The Kier molecular flexibility index (Phi) is 5.20. The maximum atomic E-state index is 12.7. The van der Waals surface area contributed by atoms with E-state index in [1.807, 2.05) is 6.92 Å². The van der Waals surface area contributed by atoms with Gasteiger partial charge in [0.1, 0.15) is 5.76 Å². The first-order valence-electron chi connectivity index (χ1n) is 8.31. The number of rotatable bonds is 5. The van der Waals surface area contributed by atoms with E-state index in [1.165, 1.54) is 0 Å². The van der Waals surface area contributed by atoms with Crippen molar-refractivity contribution < 1.29 is 12.8 Å². The Labute approximate surface area is 142 Å². The monoisotopic (exact) mass is 349 g/mol. The summed E-state index contributed by atoms with van der Waals surface area (Å²) >= 11 is 0. The average Bonchev–Trinajstić information content (AvgIpc) is 2.83. The molecule has 0 amide bonds. The largest absolute Gasteiger partial charge is 0.444 e. The quantitative estimate of drug-likeness (QED) is 0.897. The molecule has 7 heteroatoms. The van der Waals surface area contributed by atoms with E-state index in [4.69, 9.17) is 4.42 Å². The zero-order chi connectivity index (χ0) is 17.0. The topological polar surface area (TPSA) is 75.4 Å². The van der Waals surface area contributed by atoms with Crippen LogP contribution in [0.5, 0.6) is 0 Å². The number of benzene rings is 1. The summed E-state index contributed by atoms with van der Waals surface area (Å²) < 4.78 is 32.4. The molecule has 0 unspecified atom stereocenters. The Morgan fingerprint density at radius 2 is 1.79 bits per heavy atom. The highest BCUT2D eigenvalue weighted by atomic mass is 32.2. The molecule has 2 heterocycles. The summed E-state index contributed by atoms with van der Waals surface area (Å²) in [5.41, 5.74) is 0.834. The molecule has 0 bridgehead atoms. The number of nitrogens with one attached hydrogen (secondary N) is 1. The highest BCUT2D eigenvalue weighted by molar-refractivity contribution is 7.89. The van der Waals surface area contributed by atoms with Crippen molar-refractivity contribution >= 4 is 15.7 Å². The van der Waals surface area contributed by atoms with Gasteiger partial charge in [-0.1, -0.05) is 12.8 Å². The Balaban J connectivity index is 1.66. The van der Waals surface area contributed by atoms with Crippen molar-refractivity contribution in [3.8, 4) is 0 Å². The smallest absolute Gasteiger partial charge is 0.243 e. The minimum absolute atomic E-state index is 0.349. The van der Waals surface area contributed by atoms with Crippen LogP contribution >= 0.6 is 0 Å². The van der Waals surface area contributed by atoms with Crippen LogP contribution in [0.1, 0.15) is 37.3 Å². The molecule has 1 aliphatic heterocycles. The standard InChI is InChI=1S/C17H23N3O3S/c1-14-12-19-17(23-14)13-18-15-6-8-16(9-7-15)24(21,22)20-10-4-2-3-5-11-20/h6-9,12,18H,2-5,10-11,13H2,1H3. The van der Waals surface area contributed by atoms with E-state index in [9.17, 15) is 8.42 Å². The molecular weight excluding hydrogens is 326 g/mol. The van der Waals surface area contributed by atoms with Gasteiger partial charge in [-0.05, 0) is 44.0 Å². The van der Waals surface area contributed by atoms with E-state index in [1.54, 1.807) is 34.8 Å². The lowest BCUT2D eigenvalue weighted by molar-refractivity contribution is 0.424. The lowest BCUT2D eigenvalue weighted by atomic mass is 10.2. The molecule has 2 aromatic rings. The molecule has 6 nitrogen and oxygen atoms in total. The molecule has 130 valence electrons. The third-order valence-electron chi connectivity index (χ3n) is 4.17. The normalized spacial score (nSPS) is 16.7. The fourth-order valence-electron chi connectivity index (χ4n) is 2.84. The maximum absolute atomic E-state index is 12.7. The van der Waals surface area contributed by atoms with E-state index >= 15 is 0 Å². The van der Waals surface area contributed by atoms with Gasteiger partial charge in [-0.2, -0.15) is 4.31 Å². The van der Waals surface area contributed by atoms with Gasteiger partial charge in [0.05, 0.1) is 17.6 Å². The molecule has 1 aromatic carbocycles. The molecule has 0 atom stereocenters. The average molecular weight is 349 g/mol. The first-order chi connectivity index (χ1) is 11.6. The summed E-state index contributed by atoms with van der Waals surface area (Å²) in [4.78, 5) is 4.47. The number of hydrogen-bond donors (Lipinski definition) is 1. The molecule has 1 aromatic heterocycles. The Morgan fingerprint density at radius 1 is 1.12 bits per heavy atom. The number of oxazole rings is 1. The van der Waals surface area contributed by atoms with Gasteiger partial charge in [-0.15, -0.1) is 0 Å². The van der Waals surface area contributed by atoms with Gasteiger partial charge in [0, 0.05) is 18.8 Å². The zero-order valence-electron chi connectivity index (χ0n) is 13.9. The van der Waals surface area contributed by atoms with E-state index in [0.29, 0.717) is 30.4 Å². The predicted molar refractivity (Wildman–Crippen MR) is 92.2 cm³/mol. The summed E-state index contributed by atoms with van der Waals surface area (Å²) in [6, 6.07) is 6.87. The fraction of sp³-hybridized carbons (Fsp3) is 0.471. The molecule has 0 aliphatic carbocycles. The van der Waals surface area contributed by atoms with Gasteiger partial charge in [0.25, 0.3) is 0 Å². The fourth-order valence-corrected chi connectivity index (χ4v) is 4.35. The van der Waals surface area contributed by atoms with Gasteiger partial charge in [0.2, 0.25) is 15.9 Å². The number of aromatic nitrogens is 1. The minimum Gasteiger partial charge on any atom is -0.444 e. The van der Waals surface area contributed by atoms with Crippen LogP contribution in [0.4, 0.5) is 5.69 Å². The summed E-state index contributed by atoms with van der Waals surface area (Å²) in [6.45, 7) is 3.54. The summed E-state index contributed by atoms with van der Waals surface area (Å²) in [5.74, 6) is 1.37. The molecule has 1 N–H and O–H groups in total. The van der Waals surface area contributed by atoms with Gasteiger partial charge in [-0.3, -0.25) is 0 Å². The van der Waals surface area contributed by atoms with Crippen molar-refractivity contribution in [3.63, 3.8) is 0 Å². The van der Waals surface area contributed by atoms with E-state index in [2.05, 4.69) is 10.3 Å². The number of nitrogens with zero attached hydrogens (tertiary/aromatic N) is 2. The maximum Gasteiger partial charge on any atom is 0.243 e. The van der Waals surface area contributed by atoms with Crippen molar-refractivity contribution in [2.75, 3.05) is 18.4 Å². The van der Waals surface area contributed by atoms with Gasteiger partial charge in [0.15, 0.2) is 0 Å². The summed E-state index contributed by atoms with van der Waals surface area (Å²) in [6.07, 6.45) is 5.76. The molecule has 1 aliphatic rings. The van der Waals surface area contributed by atoms with Crippen molar-refractivity contribution in [2.24, 2.45) is 0 Å². The molecule has 24 heavy (non-hydrogen) atoms. The summed E-state index contributed by atoms with van der Waals surface area (Å²) in [5, 5.41) is 3.18. The van der Waals surface area contributed by atoms with Crippen LogP contribution in [0.15, 0.2) is 39.8 Å². The molecular formula is C17H23N3O3S. The number of anilines is 1. The second-order valence-corrected chi connectivity index (χ2v) is 8.00. The van der Waals surface area contributed by atoms with Crippen LogP contribution in [0.2, 0.25) is 0 Å². The molecule has 1 saturated heterocycles. The lowest BCUT2D eigenvalue weighted by Crippen LogP contribution is -2.31. The molecule has 3 rings (SSSR count). The lowest BCUT2D eigenvalue weighted by Gasteiger charge is -2.20. The van der Waals surface area contributed by atoms with Crippen LogP contribution in [-0.2, 0) is 16.6 Å². The zero-order valence-corrected chi connectivity index (χ0v) is 14.7. The number of sulfonamides is 1. The van der Waals surface area contributed by atoms with Crippen molar-refractivity contribution in [3.05, 3.63) is 42.1 Å². The van der Waals surface area contributed by atoms with Gasteiger partial charge >= 0.3 is 0 Å². The van der Waals surface area contributed by atoms with E-state index in [0.717, 1.165) is 37.1 Å². The first-order valence-corrected chi connectivity index (χ1v) is 9.75. The van der Waals surface area contributed by atoms with Crippen molar-refractivity contribution in [1.82, 2.24) is 9.29 Å². The molecule has 0 saturated carbocycles. The first kappa shape index (κ1) is 17.0. The van der Waals surface area contributed by atoms with Crippen LogP contribution < -0.4 is 5.32 Å². The molecule has 1 fully saturated rings. The van der Waals surface area contributed by atoms with E-state index in [-0.39, 0.29) is 0 Å².